The lowest BCUT2D eigenvalue weighted by atomic mass is 10.2. The Bertz CT molecular complexity index is 467. The zero-order valence-corrected chi connectivity index (χ0v) is 12.2. The zero-order chi connectivity index (χ0) is 13.3. The van der Waals surface area contributed by atoms with Crippen LogP contribution in [0.2, 0.25) is 0 Å². The van der Waals surface area contributed by atoms with Crippen LogP contribution >= 0.6 is 11.3 Å². The minimum absolute atomic E-state index is 0.857. The lowest BCUT2D eigenvalue weighted by Crippen LogP contribution is -2.14. The molecule has 0 aliphatic rings. The third-order valence-electron chi connectivity index (χ3n) is 2.95. The van der Waals surface area contributed by atoms with Crippen molar-refractivity contribution in [2.75, 3.05) is 6.54 Å². The Balaban J connectivity index is 1.75. The van der Waals surface area contributed by atoms with Gasteiger partial charge in [-0.1, -0.05) is 32.3 Å². The van der Waals surface area contributed by atoms with E-state index in [9.17, 15) is 0 Å². The molecule has 0 bridgehead atoms. The van der Waals surface area contributed by atoms with Gasteiger partial charge in [0.05, 0.1) is 11.4 Å². The van der Waals surface area contributed by atoms with Crippen LogP contribution in [-0.2, 0) is 6.54 Å². The van der Waals surface area contributed by atoms with Gasteiger partial charge in [0.25, 0.3) is 0 Å². The predicted octanol–water partition coefficient (Wildman–Crippen LogP) is 3.88. The van der Waals surface area contributed by atoms with E-state index in [1.54, 1.807) is 11.3 Å². The summed E-state index contributed by atoms with van der Waals surface area (Å²) in [6.45, 7) is 4.17. The van der Waals surface area contributed by atoms with Crippen molar-refractivity contribution >= 4 is 11.3 Å². The fraction of sp³-hybridized carbons (Fsp3) is 0.467. The standard InChI is InChI=1S/C15H21N3S/c1-2-3-4-6-9-16-11-13-12-19-15(18-13)14-8-5-7-10-17-14/h5,7-8,10,12,16H,2-4,6,9,11H2,1H3. The minimum Gasteiger partial charge on any atom is -0.311 e. The monoisotopic (exact) mass is 275 g/mol. The highest BCUT2D eigenvalue weighted by Gasteiger charge is 2.04. The number of unbranched alkanes of at least 4 members (excludes halogenated alkanes) is 3. The van der Waals surface area contributed by atoms with E-state index >= 15 is 0 Å². The first-order chi connectivity index (χ1) is 9.40. The maximum absolute atomic E-state index is 4.61. The molecule has 0 saturated heterocycles. The second-order valence-corrected chi connectivity index (χ2v) is 5.45. The maximum Gasteiger partial charge on any atom is 0.142 e. The summed E-state index contributed by atoms with van der Waals surface area (Å²) in [4.78, 5) is 8.93. The van der Waals surface area contributed by atoms with Gasteiger partial charge in [0, 0.05) is 18.1 Å². The van der Waals surface area contributed by atoms with Gasteiger partial charge in [-0.15, -0.1) is 11.3 Å². The summed E-state index contributed by atoms with van der Waals surface area (Å²) < 4.78 is 0. The number of hydrogen-bond acceptors (Lipinski definition) is 4. The first-order valence-corrected chi connectivity index (χ1v) is 7.84. The molecule has 3 nitrogen and oxygen atoms in total. The van der Waals surface area contributed by atoms with Crippen LogP contribution < -0.4 is 5.32 Å². The first kappa shape index (κ1) is 14.2. The maximum atomic E-state index is 4.61. The summed E-state index contributed by atoms with van der Waals surface area (Å²) in [5.41, 5.74) is 2.07. The molecule has 2 aromatic rings. The summed E-state index contributed by atoms with van der Waals surface area (Å²) in [7, 11) is 0. The molecule has 2 rings (SSSR count). The number of nitrogens with one attached hydrogen (secondary N) is 1. The van der Waals surface area contributed by atoms with Crippen LogP contribution in [0.15, 0.2) is 29.8 Å². The van der Waals surface area contributed by atoms with Gasteiger partial charge in [0.15, 0.2) is 0 Å². The largest absolute Gasteiger partial charge is 0.311 e. The molecule has 0 aliphatic heterocycles. The summed E-state index contributed by atoms with van der Waals surface area (Å²) in [5, 5.41) is 6.57. The molecule has 4 heteroatoms. The van der Waals surface area contributed by atoms with E-state index in [0.717, 1.165) is 29.5 Å². The number of hydrogen-bond donors (Lipinski definition) is 1. The second kappa shape index (κ2) is 8.02. The molecule has 0 aromatic carbocycles. The highest BCUT2D eigenvalue weighted by atomic mass is 32.1. The molecule has 0 amide bonds. The molecule has 19 heavy (non-hydrogen) atoms. The van der Waals surface area contributed by atoms with Crippen molar-refractivity contribution in [2.45, 2.75) is 39.2 Å². The van der Waals surface area contributed by atoms with Crippen molar-refractivity contribution in [3.8, 4) is 10.7 Å². The Labute approximate surface area is 119 Å². The van der Waals surface area contributed by atoms with E-state index < -0.39 is 0 Å². The summed E-state index contributed by atoms with van der Waals surface area (Å²) >= 11 is 1.66. The topological polar surface area (TPSA) is 37.8 Å². The highest BCUT2D eigenvalue weighted by molar-refractivity contribution is 7.13. The number of aromatic nitrogens is 2. The molecule has 0 saturated carbocycles. The summed E-state index contributed by atoms with van der Waals surface area (Å²) in [6.07, 6.45) is 7.01. The normalized spacial score (nSPS) is 10.8. The van der Waals surface area contributed by atoms with Gasteiger partial charge in [-0.2, -0.15) is 0 Å². The molecular formula is C15H21N3S. The van der Waals surface area contributed by atoms with Crippen molar-refractivity contribution in [1.29, 1.82) is 0 Å². The summed E-state index contributed by atoms with van der Waals surface area (Å²) in [5.74, 6) is 0. The molecule has 0 fully saturated rings. The molecule has 0 spiro atoms. The Morgan fingerprint density at radius 1 is 1.21 bits per heavy atom. The Hall–Kier alpha value is -1.26. The Morgan fingerprint density at radius 3 is 2.95 bits per heavy atom. The molecule has 2 heterocycles. The van der Waals surface area contributed by atoms with Crippen molar-refractivity contribution in [2.24, 2.45) is 0 Å². The number of nitrogens with zero attached hydrogens (tertiary/aromatic N) is 2. The molecular weight excluding hydrogens is 254 g/mol. The van der Waals surface area contributed by atoms with Crippen molar-refractivity contribution in [1.82, 2.24) is 15.3 Å². The van der Waals surface area contributed by atoms with Gasteiger partial charge in [-0.05, 0) is 25.1 Å². The van der Waals surface area contributed by atoms with Crippen LogP contribution in [-0.4, -0.2) is 16.5 Å². The average Bonchev–Trinajstić information content (AvgIpc) is 2.92. The molecule has 1 N–H and O–H groups in total. The lowest BCUT2D eigenvalue weighted by Gasteiger charge is -2.01. The smallest absolute Gasteiger partial charge is 0.142 e. The number of rotatable bonds is 8. The van der Waals surface area contributed by atoms with Crippen LogP contribution in [0.25, 0.3) is 10.7 Å². The molecule has 0 radical (unpaired) electrons. The third-order valence-corrected chi connectivity index (χ3v) is 3.86. The van der Waals surface area contributed by atoms with Gasteiger partial charge in [-0.3, -0.25) is 4.98 Å². The fourth-order valence-corrected chi connectivity index (χ4v) is 2.68. The van der Waals surface area contributed by atoms with E-state index in [1.165, 1.54) is 25.7 Å². The van der Waals surface area contributed by atoms with E-state index in [0.29, 0.717) is 0 Å². The van der Waals surface area contributed by atoms with Gasteiger partial charge < -0.3 is 5.32 Å². The highest BCUT2D eigenvalue weighted by Crippen LogP contribution is 2.21. The number of pyridine rings is 1. The van der Waals surface area contributed by atoms with Gasteiger partial charge >= 0.3 is 0 Å². The van der Waals surface area contributed by atoms with Crippen LogP contribution in [0, 0.1) is 0 Å². The van der Waals surface area contributed by atoms with Crippen molar-refractivity contribution in [3.05, 3.63) is 35.5 Å². The first-order valence-electron chi connectivity index (χ1n) is 6.96. The molecule has 2 aromatic heterocycles. The van der Waals surface area contributed by atoms with Crippen LogP contribution in [0.4, 0.5) is 0 Å². The van der Waals surface area contributed by atoms with Gasteiger partial charge in [0.2, 0.25) is 0 Å². The van der Waals surface area contributed by atoms with E-state index in [-0.39, 0.29) is 0 Å². The molecule has 102 valence electrons. The molecule has 0 atom stereocenters. The second-order valence-electron chi connectivity index (χ2n) is 4.60. The lowest BCUT2D eigenvalue weighted by molar-refractivity contribution is 0.594. The minimum atomic E-state index is 0.857. The Kier molecular flexibility index (Phi) is 5.98. The number of thiazole rings is 1. The van der Waals surface area contributed by atoms with E-state index in [4.69, 9.17) is 0 Å². The van der Waals surface area contributed by atoms with Crippen molar-refractivity contribution < 1.29 is 0 Å². The predicted molar refractivity (Wildman–Crippen MR) is 81.2 cm³/mol. The zero-order valence-electron chi connectivity index (χ0n) is 11.4. The van der Waals surface area contributed by atoms with Gasteiger partial charge in [0.1, 0.15) is 5.01 Å². The van der Waals surface area contributed by atoms with Crippen molar-refractivity contribution in [3.63, 3.8) is 0 Å². The Morgan fingerprint density at radius 2 is 2.16 bits per heavy atom. The SMILES string of the molecule is CCCCCCNCc1csc(-c2ccccn2)n1. The average molecular weight is 275 g/mol. The summed E-state index contributed by atoms with van der Waals surface area (Å²) in [6, 6.07) is 5.92. The van der Waals surface area contributed by atoms with Gasteiger partial charge in [-0.25, -0.2) is 4.98 Å². The van der Waals surface area contributed by atoms with E-state index in [1.807, 2.05) is 24.4 Å². The quantitative estimate of drug-likeness (QED) is 0.743. The fourth-order valence-electron chi connectivity index (χ4n) is 1.89. The van der Waals surface area contributed by atoms with Crippen LogP contribution in [0.5, 0.6) is 0 Å². The van der Waals surface area contributed by atoms with Crippen LogP contribution in [0.1, 0.15) is 38.3 Å². The molecule has 0 aliphatic carbocycles. The van der Waals surface area contributed by atoms with Crippen LogP contribution in [0.3, 0.4) is 0 Å². The third kappa shape index (κ3) is 4.73. The molecule has 0 unspecified atom stereocenters. The van der Waals surface area contributed by atoms with E-state index in [2.05, 4.69) is 27.6 Å².